The molecule has 0 bridgehead atoms. The average Bonchev–Trinajstić information content (AvgIpc) is 2.88. The lowest BCUT2D eigenvalue weighted by Gasteiger charge is -2.13. The van der Waals surface area contributed by atoms with Crippen LogP contribution in [0.4, 0.5) is 5.69 Å². The SMILES string of the molecule is COc1ccc(/C=C2\SC(=S)N(c3ccccc3)C2=O)cc1S(=O)(=O)O. The van der Waals surface area contributed by atoms with Gasteiger partial charge in [0.25, 0.3) is 16.0 Å². The van der Waals surface area contributed by atoms with Crippen molar-refractivity contribution in [1.29, 1.82) is 0 Å². The zero-order valence-corrected chi connectivity index (χ0v) is 15.9. The molecule has 6 nitrogen and oxygen atoms in total. The number of para-hydroxylation sites is 1. The van der Waals surface area contributed by atoms with Crippen molar-refractivity contribution < 1.29 is 22.5 Å². The van der Waals surface area contributed by atoms with Gasteiger partial charge >= 0.3 is 0 Å². The Hall–Kier alpha value is -2.20. The molecule has 0 saturated carbocycles. The molecule has 2 aromatic rings. The minimum absolute atomic E-state index is 0.0153. The van der Waals surface area contributed by atoms with E-state index in [1.807, 2.05) is 6.07 Å². The van der Waals surface area contributed by atoms with E-state index < -0.39 is 10.1 Å². The van der Waals surface area contributed by atoms with Crippen LogP contribution in [0.3, 0.4) is 0 Å². The van der Waals surface area contributed by atoms with E-state index in [9.17, 15) is 17.8 Å². The standard InChI is InChI=1S/C17H13NO5S3/c1-23-13-8-7-11(10-15(13)26(20,21)22)9-14-16(19)18(17(24)25-14)12-5-3-2-4-6-12/h2-10H,1H3,(H,20,21,22)/b14-9-. The number of rotatable bonds is 4. The molecular formula is C17H13NO5S3. The van der Waals surface area contributed by atoms with Gasteiger partial charge in [-0.25, -0.2) is 0 Å². The van der Waals surface area contributed by atoms with E-state index in [1.165, 1.54) is 30.2 Å². The van der Waals surface area contributed by atoms with Crippen LogP contribution < -0.4 is 9.64 Å². The highest BCUT2D eigenvalue weighted by molar-refractivity contribution is 8.27. The van der Waals surface area contributed by atoms with Gasteiger partial charge in [-0.15, -0.1) is 0 Å². The van der Waals surface area contributed by atoms with Crippen molar-refractivity contribution in [2.45, 2.75) is 4.90 Å². The topological polar surface area (TPSA) is 83.9 Å². The number of carbonyl (C=O) groups excluding carboxylic acids is 1. The highest BCUT2D eigenvalue weighted by Crippen LogP contribution is 2.36. The highest BCUT2D eigenvalue weighted by atomic mass is 32.2. The molecule has 0 radical (unpaired) electrons. The zero-order valence-electron chi connectivity index (χ0n) is 13.4. The molecule has 0 aliphatic carbocycles. The second-order valence-electron chi connectivity index (χ2n) is 5.24. The number of thioether (sulfide) groups is 1. The first-order chi connectivity index (χ1) is 12.3. The van der Waals surface area contributed by atoms with E-state index in [2.05, 4.69) is 0 Å². The van der Waals surface area contributed by atoms with Gasteiger partial charge in [-0.05, 0) is 35.9 Å². The summed E-state index contributed by atoms with van der Waals surface area (Å²) in [7, 11) is -3.16. The maximum atomic E-state index is 12.7. The van der Waals surface area contributed by atoms with Crippen molar-refractivity contribution in [2.24, 2.45) is 0 Å². The molecule has 0 aromatic heterocycles. The first kappa shape index (κ1) is 18.6. The monoisotopic (exact) mass is 407 g/mol. The van der Waals surface area contributed by atoms with Gasteiger partial charge in [0.2, 0.25) is 0 Å². The molecule has 1 amide bonds. The smallest absolute Gasteiger partial charge is 0.298 e. The summed E-state index contributed by atoms with van der Waals surface area (Å²) in [5, 5.41) is 0. The van der Waals surface area contributed by atoms with Crippen LogP contribution in [0.5, 0.6) is 5.75 Å². The average molecular weight is 407 g/mol. The minimum atomic E-state index is -4.46. The van der Waals surface area contributed by atoms with Gasteiger partial charge < -0.3 is 4.74 Å². The lowest BCUT2D eigenvalue weighted by molar-refractivity contribution is -0.113. The number of hydrogen-bond acceptors (Lipinski definition) is 6. The summed E-state index contributed by atoms with van der Waals surface area (Å²) in [5.74, 6) is -0.281. The van der Waals surface area contributed by atoms with Crippen LogP contribution in [0.1, 0.15) is 5.56 Å². The largest absolute Gasteiger partial charge is 0.495 e. The second kappa shape index (κ2) is 7.20. The van der Waals surface area contributed by atoms with Crippen molar-refractivity contribution in [3.63, 3.8) is 0 Å². The Labute approximate surface area is 160 Å². The molecule has 3 rings (SSSR count). The minimum Gasteiger partial charge on any atom is -0.495 e. The predicted molar refractivity (Wildman–Crippen MR) is 105 cm³/mol. The predicted octanol–water partition coefficient (Wildman–Crippen LogP) is 3.35. The summed E-state index contributed by atoms with van der Waals surface area (Å²) in [6.07, 6.45) is 1.52. The Morgan fingerprint density at radius 3 is 2.50 bits per heavy atom. The summed E-state index contributed by atoms with van der Waals surface area (Å²) >= 11 is 6.41. The normalized spacial score (nSPS) is 16.4. The van der Waals surface area contributed by atoms with E-state index in [1.54, 1.807) is 30.3 Å². The van der Waals surface area contributed by atoms with Crippen LogP contribution in [-0.4, -0.2) is 30.3 Å². The van der Waals surface area contributed by atoms with Crippen LogP contribution in [0.2, 0.25) is 0 Å². The fourth-order valence-electron chi connectivity index (χ4n) is 2.40. The second-order valence-corrected chi connectivity index (χ2v) is 8.30. The molecule has 1 fully saturated rings. The first-order valence-corrected chi connectivity index (χ1v) is 9.96. The Morgan fingerprint density at radius 2 is 1.88 bits per heavy atom. The lowest BCUT2D eigenvalue weighted by Crippen LogP contribution is -2.27. The molecule has 26 heavy (non-hydrogen) atoms. The number of carbonyl (C=O) groups is 1. The lowest BCUT2D eigenvalue weighted by atomic mass is 10.2. The molecule has 1 aliphatic heterocycles. The van der Waals surface area contributed by atoms with Gasteiger partial charge in [0.15, 0.2) is 4.32 Å². The van der Waals surface area contributed by atoms with Crippen LogP contribution in [0, 0.1) is 0 Å². The molecule has 0 spiro atoms. The highest BCUT2D eigenvalue weighted by Gasteiger charge is 2.33. The molecule has 0 atom stereocenters. The molecule has 1 heterocycles. The van der Waals surface area contributed by atoms with Gasteiger partial charge in [-0.2, -0.15) is 8.42 Å². The first-order valence-electron chi connectivity index (χ1n) is 7.30. The number of nitrogens with zero attached hydrogens (tertiary/aromatic N) is 1. The summed E-state index contributed by atoms with van der Waals surface area (Å²) in [4.78, 5) is 14.1. The van der Waals surface area contributed by atoms with Gasteiger partial charge in [-0.1, -0.05) is 48.2 Å². The van der Waals surface area contributed by atoms with Gasteiger partial charge in [0.1, 0.15) is 10.6 Å². The van der Waals surface area contributed by atoms with E-state index in [0.717, 1.165) is 11.8 Å². The molecular weight excluding hydrogens is 394 g/mol. The van der Waals surface area contributed by atoms with Crippen LogP contribution in [-0.2, 0) is 14.9 Å². The molecule has 2 aromatic carbocycles. The number of amides is 1. The van der Waals surface area contributed by atoms with Crippen molar-refractivity contribution in [1.82, 2.24) is 0 Å². The number of hydrogen-bond donors (Lipinski definition) is 1. The maximum absolute atomic E-state index is 12.7. The molecule has 1 N–H and O–H groups in total. The van der Waals surface area contributed by atoms with E-state index in [4.69, 9.17) is 17.0 Å². The zero-order chi connectivity index (χ0) is 18.9. The third-order valence-electron chi connectivity index (χ3n) is 3.57. The van der Waals surface area contributed by atoms with E-state index >= 15 is 0 Å². The Morgan fingerprint density at radius 1 is 1.19 bits per heavy atom. The number of thiocarbonyl (C=S) groups is 1. The quantitative estimate of drug-likeness (QED) is 0.473. The third-order valence-corrected chi connectivity index (χ3v) is 5.75. The van der Waals surface area contributed by atoms with Crippen LogP contribution in [0.25, 0.3) is 6.08 Å². The van der Waals surface area contributed by atoms with Crippen LogP contribution >= 0.6 is 24.0 Å². The Kier molecular flexibility index (Phi) is 5.15. The van der Waals surface area contributed by atoms with Crippen LogP contribution in [0.15, 0.2) is 58.3 Å². The van der Waals surface area contributed by atoms with Crippen molar-refractivity contribution in [3.05, 3.63) is 59.0 Å². The fourth-order valence-corrected chi connectivity index (χ4v) is 4.39. The Balaban J connectivity index is 1.99. The summed E-state index contributed by atoms with van der Waals surface area (Å²) in [5.41, 5.74) is 1.08. The summed E-state index contributed by atoms with van der Waals surface area (Å²) in [6, 6.07) is 13.2. The van der Waals surface area contributed by atoms with Gasteiger partial charge in [0.05, 0.1) is 17.7 Å². The number of ether oxygens (including phenoxy) is 1. The summed E-state index contributed by atoms with van der Waals surface area (Å²) < 4.78 is 37.7. The number of methoxy groups -OCH3 is 1. The van der Waals surface area contributed by atoms with E-state index in [-0.39, 0.29) is 16.6 Å². The number of anilines is 1. The summed E-state index contributed by atoms with van der Waals surface area (Å²) in [6.45, 7) is 0. The maximum Gasteiger partial charge on any atom is 0.298 e. The molecule has 134 valence electrons. The fraction of sp³-hybridized carbons (Fsp3) is 0.0588. The van der Waals surface area contributed by atoms with Crippen molar-refractivity contribution in [2.75, 3.05) is 12.0 Å². The van der Waals surface area contributed by atoms with E-state index in [0.29, 0.717) is 20.5 Å². The molecule has 9 heteroatoms. The van der Waals surface area contributed by atoms with Gasteiger partial charge in [-0.3, -0.25) is 14.2 Å². The van der Waals surface area contributed by atoms with Crippen molar-refractivity contribution in [3.8, 4) is 5.75 Å². The van der Waals surface area contributed by atoms with Crippen molar-refractivity contribution >= 4 is 56.1 Å². The molecule has 1 aliphatic rings. The van der Waals surface area contributed by atoms with Gasteiger partial charge in [0, 0.05) is 0 Å². The molecule has 0 unspecified atom stereocenters. The molecule has 1 saturated heterocycles. The number of benzene rings is 2. The third kappa shape index (κ3) is 3.65. The Bertz CT molecular complexity index is 1020.